The highest BCUT2D eigenvalue weighted by molar-refractivity contribution is 9.10. The van der Waals surface area contributed by atoms with E-state index >= 15 is 0 Å². The summed E-state index contributed by atoms with van der Waals surface area (Å²) in [4.78, 5) is 34.1. The van der Waals surface area contributed by atoms with Gasteiger partial charge in [-0.2, -0.15) is 0 Å². The van der Waals surface area contributed by atoms with Crippen LogP contribution in [0, 0.1) is 0 Å². The van der Waals surface area contributed by atoms with E-state index in [1.807, 2.05) is 41.3 Å². The third-order valence-electron chi connectivity index (χ3n) is 4.89. The van der Waals surface area contributed by atoms with Gasteiger partial charge in [0.15, 0.2) is 0 Å². The number of carbonyl (C=O) groups excluding carboxylic acids is 2. The van der Waals surface area contributed by atoms with E-state index < -0.39 is 0 Å². The van der Waals surface area contributed by atoms with Gasteiger partial charge in [0, 0.05) is 34.7 Å². The number of halogens is 1. The highest BCUT2D eigenvalue weighted by Crippen LogP contribution is 2.17. The molecule has 0 aliphatic carbocycles. The van der Waals surface area contributed by atoms with Crippen LogP contribution in [0.4, 0.5) is 0 Å². The minimum Gasteiger partial charge on any atom is -0.349 e. The molecule has 2 N–H and O–H groups in total. The second-order valence-electron chi connectivity index (χ2n) is 6.68. The molecule has 0 spiro atoms. The summed E-state index contributed by atoms with van der Waals surface area (Å²) in [5, 5.41) is 3.08. The van der Waals surface area contributed by atoms with Gasteiger partial charge in [-0.05, 0) is 55.3 Å². The number of rotatable bonds is 3. The Morgan fingerprint density at radius 1 is 1.07 bits per heavy atom. The van der Waals surface area contributed by atoms with E-state index in [2.05, 4.69) is 31.2 Å². The van der Waals surface area contributed by atoms with Crippen LogP contribution in [0.1, 0.15) is 33.6 Å². The lowest BCUT2D eigenvalue weighted by Gasteiger charge is -2.32. The molecule has 27 heavy (non-hydrogen) atoms. The molecular weight excluding hydrogens is 408 g/mol. The van der Waals surface area contributed by atoms with E-state index in [9.17, 15) is 9.59 Å². The van der Waals surface area contributed by atoms with Gasteiger partial charge in [0.05, 0.1) is 17.4 Å². The maximum Gasteiger partial charge on any atom is 0.253 e. The molecule has 0 bridgehead atoms. The van der Waals surface area contributed by atoms with Crippen molar-refractivity contribution in [2.75, 3.05) is 13.1 Å². The third-order valence-corrected chi connectivity index (χ3v) is 5.42. The summed E-state index contributed by atoms with van der Waals surface area (Å²) in [5.41, 5.74) is 2.98. The van der Waals surface area contributed by atoms with Gasteiger partial charge in [0.25, 0.3) is 11.8 Å². The van der Waals surface area contributed by atoms with Gasteiger partial charge in [0.2, 0.25) is 0 Å². The molecule has 7 heteroatoms. The molecular formula is C20H19BrN4O2. The average Bonchev–Trinajstić information content (AvgIpc) is 3.16. The lowest BCUT2D eigenvalue weighted by molar-refractivity contribution is 0.0698. The molecule has 1 aliphatic heterocycles. The Morgan fingerprint density at radius 2 is 1.78 bits per heavy atom. The summed E-state index contributed by atoms with van der Waals surface area (Å²) < 4.78 is 0.953. The molecule has 0 atom stereocenters. The van der Waals surface area contributed by atoms with E-state index in [1.165, 1.54) is 0 Å². The summed E-state index contributed by atoms with van der Waals surface area (Å²) in [6, 6.07) is 12.9. The molecule has 138 valence electrons. The highest BCUT2D eigenvalue weighted by Gasteiger charge is 2.25. The van der Waals surface area contributed by atoms with Crippen molar-refractivity contribution in [3.05, 3.63) is 64.4 Å². The number of likely N-dealkylation sites (tertiary alicyclic amines) is 1. The molecule has 0 radical (unpaired) electrons. The fourth-order valence-corrected chi connectivity index (χ4v) is 3.61. The first-order valence-electron chi connectivity index (χ1n) is 8.89. The number of piperidine rings is 1. The van der Waals surface area contributed by atoms with E-state index in [1.54, 1.807) is 12.4 Å². The number of hydrogen-bond acceptors (Lipinski definition) is 3. The smallest absolute Gasteiger partial charge is 0.253 e. The quantitative estimate of drug-likeness (QED) is 0.673. The fraction of sp³-hybridized carbons (Fsp3) is 0.250. The topological polar surface area (TPSA) is 78.1 Å². The number of carbonyl (C=O) groups is 2. The number of nitrogens with zero attached hydrogens (tertiary/aromatic N) is 2. The minimum absolute atomic E-state index is 0.0389. The molecule has 2 heterocycles. The van der Waals surface area contributed by atoms with Gasteiger partial charge < -0.3 is 15.2 Å². The van der Waals surface area contributed by atoms with Crippen molar-refractivity contribution >= 4 is 38.8 Å². The predicted molar refractivity (Wildman–Crippen MR) is 107 cm³/mol. The van der Waals surface area contributed by atoms with Crippen molar-refractivity contribution in [3.63, 3.8) is 0 Å². The fourth-order valence-electron chi connectivity index (χ4n) is 3.35. The molecule has 2 amide bonds. The maximum absolute atomic E-state index is 12.6. The zero-order valence-corrected chi connectivity index (χ0v) is 16.2. The number of imidazole rings is 1. The summed E-state index contributed by atoms with van der Waals surface area (Å²) >= 11 is 3.38. The Morgan fingerprint density at radius 3 is 2.52 bits per heavy atom. The van der Waals surface area contributed by atoms with Crippen molar-refractivity contribution < 1.29 is 9.59 Å². The predicted octanol–water partition coefficient (Wildman–Crippen LogP) is 3.36. The number of aromatic amines is 1. The van der Waals surface area contributed by atoms with Crippen LogP contribution in [-0.4, -0.2) is 45.8 Å². The van der Waals surface area contributed by atoms with Crippen LogP contribution >= 0.6 is 15.9 Å². The number of aromatic nitrogens is 2. The van der Waals surface area contributed by atoms with Gasteiger partial charge in [-0.15, -0.1) is 0 Å². The first-order valence-corrected chi connectivity index (χ1v) is 9.68. The molecule has 1 aromatic heterocycles. The van der Waals surface area contributed by atoms with Crippen molar-refractivity contribution in [3.8, 4) is 0 Å². The molecule has 1 fully saturated rings. The molecule has 6 nitrogen and oxygen atoms in total. The van der Waals surface area contributed by atoms with Crippen molar-refractivity contribution in [2.45, 2.75) is 18.9 Å². The van der Waals surface area contributed by atoms with Crippen LogP contribution < -0.4 is 5.32 Å². The second-order valence-corrected chi connectivity index (χ2v) is 7.60. The maximum atomic E-state index is 12.6. The number of H-pyrrole nitrogens is 1. The highest BCUT2D eigenvalue weighted by atomic mass is 79.9. The lowest BCUT2D eigenvalue weighted by atomic mass is 10.0. The Bertz CT molecular complexity index is 975. The van der Waals surface area contributed by atoms with Crippen LogP contribution in [0.15, 0.2) is 53.3 Å². The standard InChI is InChI=1S/C20H19BrN4O2/c21-15-4-1-13(2-5-15)20(27)25-9-7-16(8-10-25)24-19(26)14-3-6-17-18(11-14)23-12-22-17/h1-6,11-12,16H,7-10H2,(H,22,23)(H,24,26). The molecule has 0 unspecified atom stereocenters. The number of benzene rings is 2. The number of hydrogen-bond donors (Lipinski definition) is 2. The normalized spacial score (nSPS) is 15.1. The number of fused-ring (bicyclic) bond motifs is 1. The van der Waals surface area contributed by atoms with Crippen molar-refractivity contribution in [1.29, 1.82) is 0 Å². The van der Waals surface area contributed by atoms with Gasteiger partial charge in [-0.25, -0.2) is 4.98 Å². The average molecular weight is 427 g/mol. The van der Waals surface area contributed by atoms with Crippen LogP contribution in [0.2, 0.25) is 0 Å². The molecule has 3 aromatic rings. The molecule has 2 aromatic carbocycles. The Labute approximate surface area is 165 Å². The van der Waals surface area contributed by atoms with E-state index in [0.29, 0.717) is 24.2 Å². The minimum atomic E-state index is -0.0933. The van der Waals surface area contributed by atoms with Gasteiger partial charge in [-0.3, -0.25) is 9.59 Å². The van der Waals surface area contributed by atoms with Crippen LogP contribution in [0.3, 0.4) is 0 Å². The summed E-state index contributed by atoms with van der Waals surface area (Å²) in [5.74, 6) is -0.0545. The van der Waals surface area contributed by atoms with Crippen LogP contribution in [0.25, 0.3) is 11.0 Å². The first-order chi connectivity index (χ1) is 13.1. The largest absolute Gasteiger partial charge is 0.349 e. The Kier molecular flexibility index (Phi) is 4.94. The third kappa shape index (κ3) is 3.88. The SMILES string of the molecule is O=C(NC1CCN(C(=O)c2ccc(Br)cc2)CC1)c1ccc2nc[nH]c2c1. The first kappa shape index (κ1) is 17.7. The summed E-state index contributed by atoms with van der Waals surface area (Å²) in [6.45, 7) is 1.28. The monoisotopic (exact) mass is 426 g/mol. The zero-order chi connectivity index (χ0) is 18.8. The van der Waals surface area contributed by atoms with Gasteiger partial charge in [0.1, 0.15) is 0 Å². The molecule has 1 aliphatic rings. The summed E-state index contributed by atoms with van der Waals surface area (Å²) in [6.07, 6.45) is 3.12. The van der Waals surface area contributed by atoms with Crippen molar-refractivity contribution in [2.24, 2.45) is 0 Å². The van der Waals surface area contributed by atoms with E-state index in [-0.39, 0.29) is 17.9 Å². The number of nitrogens with one attached hydrogen (secondary N) is 2. The van der Waals surface area contributed by atoms with Gasteiger partial charge in [-0.1, -0.05) is 15.9 Å². The van der Waals surface area contributed by atoms with E-state index in [0.717, 1.165) is 28.3 Å². The summed E-state index contributed by atoms with van der Waals surface area (Å²) in [7, 11) is 0. The Balaban J connectivity index is 1.34. The lowest BCUT2D eigenvalue weighted by Crippen LogP contribution is -2.46. The van der Waals surface area contributed by atoms with Crippen LogP contribution in [0.5, 0.6) is 0 Å². The van der Waals surface area contributed by atoms with E-state index in [4.69, 9.17) is 0 Å². The molecule has 0 saturated carbocycles. The Hall–Kier alpha value is -2.67. The molecule has 4 rings (SSSR count). The van der Waals surface area contributed by atoms with Crippen molar-refractivity contribution in [1.82, 2.24) is 20.2 Å². The van der Waals surface area contributed by atoms with Crippen LogP contribution in [-0.2, 0) is 0 Å². The molecule has 1 saturated heterocycles. The van der Waals surface area contributed by atoms with Gasteiger partial charge >= 0.3 is 0 Å². The second kappa shape index (κ2) is 7.52. The zero-order valence-electron chi connectivity index (χ0n) is 14.6. The number of amides is 2.